The van der Waals surface area contributed by atoms with Gasteiger partial charge >= 0.3 is 0 Å². The Bertz CT molecular complexity index is 635. The summed E-state index contributed by atoms with van der Waals surface area (Å²) in [4.78, 5) is 0. The third kappa shape index (κ3) is 6.10. The van der Waals surface area contributed by atoms with Crippen LogP contribution >= 0.6 is 24.0 Å². The van der Waals surface area contributed by atoms with Crippen LogP contribution in [0.15, 0.2) is 42.5 Å². The van der Waals surface area contributed by atoms with E-state index in [0.29, 0.717) is 29.2 Å². The Balaban J connectivity index is 0.00000312. The van der Waals surface area contributed by atoms with Crippen molar-refractivity contribution in [3.63, 3.8) is 0 Å². The first-order chi connectivity index (χ1) is 11.7. The number of benzene rings is 2. The van der Waals surface area contributed by atoms with Crippen molar-refractivity contribution in [2.24, 2.45) is 0 Å². The number of nitrogens with one attached hydrogen (secondary N) is 1. The van der Waals surface area contributed by atoms with Crippen molar-refractivity contribution in [1.82, 2.24) is 5.32 Å². The van der Waals surface area contributed by atoms with Crippen molar-refractivity contribution in [1.29, 1.82) is 0 Å². The SMILES string of the molecule is CCCC(NCc1cc(Cl)c(OCC)c(OC)c1)c1ccccc1.Cl. The van der Waals surface area contributed by atoms with Gasteiger partial charge in [-0.2, -0.15) is 0 Å². The fraction of sp³-hybridized carbons (Fsp3) is 0.400. The molecule has 0 fully saturated rings. The summed E-state index contributed by atoms with van der Waals surface area (Å²) in [5.74, 6) is 1.28. The standard InChI is InChI=1S/C20H26ClNO2.ClH/c1-4-9-18(16-10-7-6-8-11-16)22-14-15-12-17(21)20(24-5-2)19(13-15)23-3;/h6-8,10-13,18,22H,4-5,9,14H2,1-3H3;1H. The average molecular weight is 384 g/mol. The van der Waals surface area contributed by atoms with Gasteiger partial charge < -0.3 is 14.8 Å². The van der Waals surface area contributed by atoms with Gasteiger partial charge in [-0.15, -0.1) is 12.4 Å². The highest BCUT2D eigenvalue weighted by molar-refractivity contribution is 6.32. The fourth-order valence-electron chi connectivity index (χ4n) is 2.76. The van der Waals surface area contributed by atoms with Crippen LogP contribution in [-0.2, 0) is 6.54 Å². The van der Waals surface area contributed by atoms with Gasteiger partial charge in [-0.1, -0.05) is 55.3 Å². The van der Waals surface area contributed by atoms with E-state index in [1.165, 1.54) is 5.56 Å². The van der Waals surface area contributed by atoms with Gasteiger partial charge in [0, 0.05) is 12.6 Å². The Kier molecular flexibility index (Phi) is 9.73. The van der Waals surface area contributed by atoms with Gasteiger partial charge in [0.15, 0.2) is 11.5 Å². The first-order valence-electron chi connectivity index (χ1n) is 8.47. The zero-order valence-electron chi connectivity index (χ0n) is 15.0. The molecule has 5 heteroatoms. The van der Waals surface area contributed by atoms with E-state index in [2.05, 4.69) is 36.5 Å². The number of methoxy groups -OCH3 is 1. The van der Waals surface area contributed by atoms with Crippen LogP contribution in [0.1, 0.15) is 43.9 Å². The van der Waals surface area contributed by atoms with Crippen molar-refractivity contribution < 1.29 is 9.47 Å². The molecule has 0 amide bonds. The summed E-state index contributed by atoms with van der Waals surface area (Å²) in [5, 5.41) is 4.21. The molecule has 1 unspecified atom stereocenters. The maximum Gasteiger partial charge on any atom is 0.179 e. The van der Waals surface area contributed by atoms with Crippen molar-refractivity contribution in [2.75, 3.05) is 13.7 Å². The van der Waals surface area contributed by atoms with Crippen molar-refractivity contribution >= 4 is 24.0 Å². The molecule has 1 N–H and O–H groups in total. The predicted octanol–water partition coefficient (Wildman–Crippen LogP) is 5.80. The zero-order chi connectivity index (χ0) is 17.4. The topological polar surface area (TPSA) is 30.5 Å². The summed E-state index contributed by atoms with van der Waals surface area (Å²) in [6.07, 6.45) is 2.21. The molecule has 0 spiro atoms. The summed E-state index contributed by atoms with van der Waals surface area (Å²) >= 11 is 6.35. The Morgan fingerprint density at radius 2 is 1.84 bits per heavy atom. The normalized spacial score (nSPS) is 11.5. The Hall–Kier alpha value is -1.42. The molecule has 0 bridgehead atoms. The molecule has 138 valence electrons. The van der Waals surface area contributed by atoms with E-state index in [1.54, 1.807) is 7.11 Å². The van der Waals surface area contributed by atoms with E-state index >= 15 is 0 Å². The van der Waals surface area contributed by atoms with E-state index in [4.69, 9.17) is 21.1 Å². The summed E-state index contributed by atoms with van der Waals surface area (Å²) < 4.78 is 11.0. The smallest absolute Gasteiger partial charge is 0.179 e. The highest BCUT2D eigenvalue weighted by atomic mass is 35.5. The Morgan fingerprint density at radius 1 is 1.12 bits per heavy atom. The van der Waals surface area contributed by atoms with Crippen LogP contribution in [0.2, 0.25) is 5.02 Å². The van der Waals surface area contributed by atoms with Gasteiger partial charge in [0.05, 0.1) is 18.7 Å². The molecule has 0 aliphatic carbocycles. The monoisotopic (exact) mass is 383 g/mol. The lowest BCUT2D eigenvalue weighted by atomic mass is 10.0. The number of hydrogen-bond donors (Lipinski definition) is 1. The summed E-state index contributed by atoms with van der Waals surface area (Å²) in [6, 6.07) is 14.8. The Morgan fingerprint density at radius 3 is 2.44 bits per heavy atom. The molecule has 1 atom stereocenters. The molecule has 0 aromatic heterocycles. The second-order valence-corrected chi connectivity index (χ2v) is 6.08. The maximum atomic E-state index is 6.35. The highest BCUT2D eigenvalue weighted by Gasteiger charge is 2.14. The van der Waals surface area contributed by atoms with Crippen LogP contribution in [0.3, 0.4) is 0 Å². The number of ether oxygens (including phenoxy) is 2. The van der Waals surface area contributed by atoms with Gasteiger partial charge in [-0.25, -0.2) is 0 Å². The fourth-order valence-corrected chi connectivity index (χ4v) is 3.05. The molecule has 0 saturated carbocycles. The van der Waals surface area contributed by atoms with Crippen LogP contribution in [0.5, 0.6) is 11.5 Å². The van der Waals surface area contributed by atoms with Crippen LogP contribution in [-0.4, -0.2) is 13.7 Å². The average Bonchev–Trinajstić information content (AvgIpc) is 2.61. The lowest BCUT2D eigenvalue weighted by Crippen LogP contribution is -2.20. The molecule has 0 heterocycles. The van der Waals surface area contributed by atoms with Crippen molar-refractivity contribution in [3.05, 3.63) is 58.6 Å². The van der Waals surface area contributed by atoms with E-state index in [1.807, 2.05) is 25.1 Å². The second-order valence-electron chi connectivity index (χ2n) is 5.67. The van der Waals surface area contributed by atoms with Gasteiger partial charge in [0.2, 0.25) is 0 Å². The van der Waals surface area contributed by atoms with E-state index in [-0.39, 0.29) is 12.4 Å². The lowest BCUT2D eigenvalue weighted by Gasteiger charge is -2.20. The van der Waals surface area contributed by atoms with Crippen LogP contribution in [0, 0.1) is 0 Å². The number of hydrogen-bond acceptors (Lipinski definition) is 3. The number of rotatable bonds is 9. The third-order valence-corrected chi connectivity index (χ3v) is 4.19. The highest BCUT2D eigenvalue weighted by Crippen LogP contribution is 2.36. The predicted molar refractivity (Wildman–Crippen MR) is 107 cm³/mol. The quantitative estimate of drug-likeness (QED) is 0.593. The number of halogens is 2. The largest absolute Gasteiger partial charge is 0.493 e. The first-order valence-corrected chi connectivity index (χ1v) is 8.84. The van der Waals surface area contributed by atoms with Crippen LogP contribution < -0.4 is 14.8 Å². The van der Waals surface area contributed by atoms with Gasteiger partial charge in [-0.05, 0) is 36.6 Å². The third-order valence-electron chi connectivity index (χ3n) is 3.91. The molecule has 25 heavy (non-hydrogen) atoms. The van der Waals surface area contributed by atoms with Gasteiger partial charge in [-0.3, -0.25) is 0 Å². The van der Waals surface area contributed by atoms with Gasteiger partial charge in [0.25, 0.3) is 0 Å². The maximum absolute atomic E-state index is 6.35. The molecule has 0 radical (unpaired) electrons. The van der Waals surface area contributed by atoms with Gasteiger partial charge in [0.1, 0.15) is 0 Å². The molecule has 0 aliphatic heterocycles. The van der Waals surface area contributed by atoms with Crippen molar-refractivity contribution in [2.45, 2.75) is 39.3 Å². The summed E-state index contributed by atoms with van der Waals surface area (Å²) in [6.45, 7) is 5.41. The minimum Gasteiger partial charge on any atom is -0.493 e. The minimum absolute atomic E-state index is 0. The molecule has 3 nitrogen and oxygen atoms in total. The van der Waals surface area contributed by atoms with E-state index < -0.39 is 0 Å². The van der Waals surface area contributed by atoms with Crippen LogP contribution in [0.25, 0.3) is 0 Å². The summed E-state index contributed by atoms with van der Waals surface area (Å²) in [7, 11) is 1.63. The molecule has 2 aromatic carbocycles. The van der Waals surface area contributed by atoms with E-state index in [9.17, 15) is 0 Å². The molecular weight excluding hydrogens is 357 g/mol. The first kappa shape index (κ1) is 21.6. The van der Waals surface area contributed by atoms with Crippen LogP contribution in [0.4, 0.5) is 0 Å². The molecule has 0 aliphatic rings. The molecule has 2 aromatic rings. The minimum atomic E-state index is 0. The zero-order valence-corrected chi connectivity index (χ0v) is 16.6. The Labute approximate surface area is 162 Å². The molecular formula is C20H27Cl2NO2. The second kappa shape index (κ2) is 11.2. The lowest BCUT2D eigenvalue weighted by molar-refractivity contribution is 0.310. The molecule has 0 saturated heterocycles. The van der Waals surface area contributed by atoms with E-state index in [0.717, 1.165) is 24.9 Å². The van der Waals surface area contributed by atoms with Crippen molar-refractivity contribution in [3.8, 4) is 11.5 Å². The summed E-state index contributed by atoms with van der Waals surface area (Å²) in [5.41, 5.74) is 2.39. The molecule has 2 rings (SSSR count).